The number of likely N-dealkylation sites (N-methyl/N-ethyl adjacent to an activating group) is 1. The molecule has 0 atom stereocenters. The third-order valence-corrected chi connectivity index (χ3v) is 5.29. The second-order valence-electron chi connectivity index (χ2n) is 7.01. The largest absolute Gasteiger partial charge is 0.306 e. The Hall–Kier alpha value is -1.29. The van der Waals surface area contributed by atoms with Gasteiger partial charge in [0.05, 0.1) is 0 Å². The summed E-state index contributed by atoms with van der Waals surface area (Å²) in [6.45, 7) is 12.9. The van der Waals surface area contributed by atoms with Crippen molar-refractivity contribution in [1.82, 2.24) is 9.62 Å². The molecule has 0 aliphatic heterocycles. The quantitative estimate of drug-likeness (QED) is 0.460. The number of unbranched alkanes of at least 4 members (excludes halogenated alkanes) is 1. The van der Waals surface area contributed by atoms with Crippen molar-refractivity contribution in [3.05, 3.63) is 54.1 Å². The highest BCUT2D eigenvalue weighted by Crippen LogP contribution is 2.25. The molecule has 0 spiro atoms. The monoisotopic (exact) mass is 386 g/mol. The van der Waals surface area contributed by atoms with E-state index in [4.69, 9.17) is 0 Å². The first-order valence-electron chi connectivity index (χ1n) is 10.4. The molecule has 0 heterocycles. The molecule has 2 rings (SSSR count). The van der Waals surface area contributed by atoms with Gasteiger partial charge in [-0.25, -0.2) is 0 Å². The fourth-order valence-electron chi connectivity index (χ4n) is 2.65. The van der Waals surface area contributed by atoms with E-state index < -0.39 is 0 Å². The fourth-order valence-corrected chi connectivity index (χ4v) is 3.35. The van der Waals surface area contributed by atoms with E-state index in [1.807, 2.05) is 13.8 Å². The highest BCUT2D eigenvalue weighted by Gasteiger charge is 2.03. The normalized spacial score (nSPS) is 10.8. The summed E-state index contributed by atoms with van der Waals surface area (Å²) in [6.07, 6.45) is 3.67. The van der Waals surface area contributed by atoms with Gasteiger partial charge in [-0.15, -0.1) is 0 Å². The highest BCUT2D eigenvalue weighted by atomic mass is 32.2. The average molecular weight is 387 g/mol. The van der Waals surface area contributed by atoms with E-state index in [2.05, 4.69) is 86.0 Å². The number of benzene rings is 2. The maximum Gasteiger partial charge on any atom is 0.0234 e. The van der Waals surface area contributed by atoms with Crippen molar-refractivity contribution in [3.8, 4) is 11.1 Å². The minimum absolute atomic E-state index is 0.475. The standard InChI is InChI=1S/C22H32N2S.C2H6/c1-5-6-15-24(4)16-14-19-10-12-20(13-11-19)21-8-7-9-22(17-21)25-23-18(2)3;1-2/h7-13,17-18,23H,5-6,14-16H2,1-4H3;1-2H3. The van der Waals surface area contributed by atoms with Gasteiger partial charge in [0.2, 0.25) is 0 Å². The van der Waals surface area contributed by atoms with E-state index in [1.54, 1.807) is 11.9 Å². The molecule has 0 unspecified atom stereocenters. The van der Waals surface area contributed by atoms with Gasteiger partial charge in [-0.1, -0.05) is 63.6 Å². The zero-order valence-corrected chi connectivity index (χ0v) is 18.9. The summed E-state index contributed by atoms with van der Waals surface area (Å²) in [7, 11) is 2.22. The van der Waals surface area contributed by atoms with Gasteiger partial charge in [0.15, 0.2) is 0 Å². The van der Waals surface area contributed by atoms with Crippen molar-refractivity contribution in [1.29, 1.82) is 0 Å². The fraction of sp³-hybridized carbons (Fsp3) is 0.500. The molecule has 0 aromatic heterocycles. The van der Waals surface area contributed by atoms with Crippen LogP contribution in [0.4, 0.5) is 0 Å². The van der Waals surface area contributed by atoms with Gasteiger partial charge < -0.3 is 4.90 Å². The minimum atomic E-state index is 0.475. The van der Waals surface area contributed by atoms with Crippen molar-refractivity contribution in [2.24, 2.45) is 0 Å². The number of nitrogens with one attached hydrogen (secondary N) is 1. The molecule has 0 radical (unpaired) electrons. The van der Waals surface area contributed by atoms with E-state index in [0.717, 1.165) is 13.0 Å². The average Bonchev–Trinajstić information content (AvgIpc) is 2.71. The summed E-state index contributed by atoms with van der Waals surface area (Å²) in [5.41, 5.74) is 3.98. The molecule has 3 heteroatoms. The third-order valence-electron chi connectivity index (χ3n) is 4.21. The molecule has 0 aliphatic rings. The summed E-state index contributed by atoms with van der Waals surface area (Å²) in [4.78, 5) is 3.69. The molecule has 0 saturated carbocycles. The Morgan fingerprint density at radius 3 is 2.30 bits per heavy atom. The number of hydrogen-bond donors (Lipinski definition) is 1. The van der Waals surface area contributed by atoms with Crippen LogP contribution in [0.15, 0.2) is 53.4 Å². The Morgan fingerprint density at radius 2 is 1.67 bits per heavy atom. The van der Waals surface area contributed by atoms with E-state index in [9.17, 15) is 0 Å². The topological polar surface area (TPSA) is 15.3 Å². The van der Waals surface area contributed by atoms with Gasteiger partial charge >= 0.3 is 0 Å². The smallest absolute Gasteiger partial charge is 0.0234 e. The summed E-state index contributed by atoms with van der Waals surface area (Å²) in [5, 5.41) is 0. The predicted molar refractivity (Wildman–Crippen MR) is 123 cm³/mol. The molecule has 0 saturated heterocycles. The van der Waals surface area contributed by atoms with E-state index in [1.165, 1.54) is 41.0 Å². The van der Waals surface area contributed by atoms with Crippen molar-refractivity contribution in [2.45, 2.75) is 64.8 Å². The zero-order chi connectivity index (χ0) is 20.1. The van der Waals surface area contributed by atoms with Gasteiger partial charge in [0, 0.05) is 17.5 Å². The molecular weight excluding hydrogens is 348 g/mol. The van der Waals surface area contributed by atoms with Crippen LogP contribution in [0.5, 0.6) is 0 Å². The van der Waals surface area contributed by atoms with E-state index >= 15 is 0 Å². The molecule has 0 bridgehead atoms. The molecule has 0 amide bonds. The highest BCUT2D eigenvalue weighted by molar-refractivity contribution is 7.97. The first-order chi connectivity index (χ1) is 13.1. The Bertz CT molecular complexity index is 623. The minimum Gasteiger partial charge on any atom is -0.306 e. The molecule has 2 aromatic carbocycles. The second kappa shape index (κ2) is 13.8. The van der Waals surface area contributed by atoms with Crippen LogP contribution in [0.2, 0.25) is 0 Å². The van der Waals surface area contributed by atoms with Gasteiger partial charge in [0.25, 0.3) is 0 Å². The number of hydrogen-bond acceptors (Lipinski definition) is 3. The lowest BCUT2D eigenvalue weighted by molar-refractivity contribution is 0.332. The summed E-state index contributed by atoms with van der Waals surface area (Å²) >= 11 is 1.70. The third kappa shape index (κ3) is 9.46. The number of rotatable bonds is 10. The van der Waals surface area contributed by atoms with Crippen LogP contribution in [0.1, 0.15) is 53.0 Å². The van der Waals surface area contributed by atoms with Crippen molar-refractivity contribution in [2.75, 3.05) is 20.1 Å². The van der Waals surface area contributed by atoms with Crippen LogP contribution in [-0.2, 0) is 6.42 Å². The van der Waals surface area contributed by atoms with Crippen LogP contribution in [0.25, 0.3) is 11.1 Å². The van der Waals surface area contributed by atoms with Crippen LogP contribution in [-0.4, -0.2) is 31.1 Å². The molecular formula is C24H38N2S. The molecule has 27 heavy (non-hydrogen) atoms. The Morgan fingerprint density at radius 1 is 0.963 bits per heavy atom. The lowest BCUT2D eigenvalue weighted by atomic mass is 10.0. The van der Waals surface area contributed by atoms with Gasteiger partial charge in [-0.3, -0.25) is 4.72 Å². The zero-order valence-electron chi connectivity index (χ0n) is 18.1. The first kappa shape index (κ1) is 23.7. The van der Waals surface area contributed by atoms with Gasteiger partial charge in [-0.05, 0) is 81.1 Å². The number of nitrogens with zero attached hydrogens (tertiary/aromatic N) is 1. The van der Waals surface area contributed by atoms with Crippen molar-refractivity contribution in [3.63, 3.8) is 0 Å². The predicted octanol–water partition coefficient (Wildman–Crippen LogP) is 6.66. The Labute approximate surface area is 171 Å². The van der Waals surface area contributed by atoms with E-state index in [-0.39, 0.29) is 0 Å². The Kier molecular flexibility index (Phi) is 12.2. The van der Waals surface area contributed by atoms with Crippen LogP contribution in [0, 0.1) is 0 Å². The van der Waals surface area contributed by atoms with E-state index in [0.29, 0.717) is 6.04 Å². The second-order valence-corrected chi connectivity index (χ2v) is 7.92. The Balaban J connectivity index is 0.00000176. The summed E-state index contributed by atoms with van der Waals surface area (Å²) in [5.74, 6) is 0. The first-order valence-corrected chi connectivity index (χ1v) is 11.2. The maximum atomic E-state index is 3.40. The molecule has 0 aliphatic carbocycles. The van der Waals surface area contributed by atoms with Gasteiger partial charge in [-0.2, -0.15) is 0 Å². The summed E-state index contributed by atoms with van der Waals surface area (Å²) < 4.78 is 3.40. The van der Waals surface area contributed by atoms with Crippen LogP contribution < -0.4 is 4.72 Å². The van der Waals surface area contributed by atoms with Crippen LogP contribution in [0.3, 0.4) is 0 Å². The molecule has 2 aromatic rings. The molecule has 150 valence electrons. The maximum absolute atomic E-state index is 3.40. The summed E-state index contributed by atoms with van der Waals surface area (Å²) in [6, 6.07) is 18.3. The van der Waals surface area contributed by atoms with Crippen molar-refractivity contribution < 1.29 is 0 Å². The lowest BCUT2D eigenvalue weighted by Crippen LogP contribution is -2.22. The molecule has 0 fully saturated rings. The molecule has 2 nitrogen and oxygen atoms in total. The van der Waals surface area contributed by atoms with Gasteiger partial charge in [0.1, 0.15) is 0 Å². The van der Waals surface area contributed by atoms with Crippen LogP contribution >= 0.6 is 11.9 Å². The van der Waals surface area contributed by atoms with Crippen molar-refractivity contribution >= 4 is 11.9 Å². The lowest BCUT2D eigenvalue weighted by Gasteiger charge is -2.16. The molecule has 1 N–H and O–H groups in total. The SMILES string of the molecule is CC.CCCCN(C)CCc1ccc(-c2cccc(SNC(C)C)c2)cc1.